The second-order valence-corrected chi connectivity index (χ2v) is 8.39. The van der Waals surface area contributed by atoms with Crippen molar-refractivity contribution >= 4 is 29.1 Å². The molecule has 0 aromatic heterocycles. The summed E-state index contributed by atoms with van der Waals surface area (Å²) in [5.41, 5.74) is 2.48. The summed E-state index contributed by atoms with van der Waals surface area (Å²) in [6.45, 7) is 5.50. The van der Waals surface area contributed by atoms with E-state index < -0.39 is 0 Å². The normalized spacial score (nSPS) is 13.9. The molecule has 3 rings (SSSR count). The Balaban J connectivity index is 1.51. The smallest absolute Gasteiger partial charge is 0.253 e. The summed E-state index contributed by atoms with van der Waals surface area (Å²) >= 11 is 0. The summed E-state index contributed by atoms with van der Waals surface area (Å²) in [4.78, 5) is 39.1. The van der Waals surface area contributed by atoms with E-state index in [0.29, 0.717) is 16.8 Å². The van der Waals surface area contributed by atoms with Crippen molar-refractivity contribution in [2.75, 3.05) is 30.3 Å². The lowest BCUT2D eigenvalue weighted by atomic mass is 10.1. The minimum absolute atomic E-state index is 0.0379. The Kier molecular flexibility index (Phi) is 8.25. The van der Waals surface area contributed by atoms with Gasteiger partial charge in [-0.3, -0.25) is 14.4 Å². The first-order valence-corrected chi connectivity index (χ1v) is 11.3. The molecule has 7 heteroatoms. The quantitative estimate of drug-likeness (QED) is 0.614. The number of nitrogens with zero attached hydrogens (tertiary/aromatic N) is 1. The summed E-state index contributed by atoms with van der Waals surface area (Å²) in [6.07, 6.45) is 4.49. The largest absolute Gasteiger partial charge is 0.376 e. The number of likely N-dealkylation sites (tertiary alicyclic amines) is 1. The summed E-state index contributed by atoms with van der Waals surface area (Å²) in [7, 11) is 0. The lowest BCUT2D eigenvalue weighted by molar-refractivity contribution is -0.114. The maximum absolute atomic E-state index is 12.7. The standard InChI is InChI=1S/C25H32N4O3/c1-18(2)27-24(31)20-8-7-9-22(16-20)28-23(30)17-26-21-12-10-19(11-13-21)25(32)29-14-5-3-4-6-15-29/h7-13,16,18,26H,3-6,14-15,17H2,1-2H3,(H,27,31)(H,28,30). The van der Waals surface area contributed by atoms with E-state index in [-0.39, 0.29) is 30.3 Å². The zero-order valence-corrected chi connectivity index (χ0v) is 18.8. The highest BCUT2D eigenvalue weighted by atomic mass is 16.2. The molecule has 3 N–H and O–H groups in total. The molecule has 7 nitrogen and oxygen atoms in total. The van der Waals surface area contributed by atoms with Crippen molar-refractivity contribution in [3.63, 3.8) is 0 Å². The maximum atomic E-state index is 12.7. The molecule has 0 atom stereocenters. The first-order chi connectivity index (χ1) is 15.4. The molecule has 0 spiro atoms. The second kappa shape index (κ2) is 11.3. The molecule has 0 radical (unpaired) electrons. The van der Waals surface area contributed by atoms with Gasteiger partial charge in [0.25, 0.3) is 11.8 Å². The molecule has 3 amide bonds. The van der Waals surface area contributed by atoms with Crippen molar-refractivity contribution in [1.82, 2.24) is 10.2 Å². The predicted molar refractivity (Wildman–Crippen MR) is 127 cm³/mol. The molecular weight excluding hydrogens is 404 g/mol. The molecule has 0 saturated carbocycles. The molecule has 2 aromatic rings. The van der Waals surface area contributed by atoms with Gasteiger partial charge in [-0.2, -0.15) is 0 Å². The van der Waals surface area contributed by atoms with Gasteiger partial charge in [-0.25, -0.2) is 0 Å². The van der Waals surface area contributed by atoms with Crippen LogP contribution in [-0.4, -0.2) is 48.3 Å². The minimum Gasteiger partial charge on any atom is -0.376 e. The van der Waals surface area contributed by atoms with E-state index in [0.717, 1.165) is 31.6 Å². The fourth-order valence-corrected chi connectivity index (χ4v) is 3.66. The zero-order valence-electron chi connectivity index (χ0n) is 18.8. The third kappa shape index (κ3) is 6.83. The van der Waals surface area contributed by atoms with Crippen molar-refractivity contribution in [1.29, 1.82) is 0 Å². The van der Waals surface area contributed by atoms with Gasteiger partial charge in [0.05, 0.1) is 6.54 Å². The number of hydrogen-bond donors (Lipinski definition) is 3. The summed E-state index contributed by atoms with van der Waals surface area (Å²) in [5.74, 6) is -0.335. The van der Waals surface area contributed by atoms with Crippen molar-refractivity contribution in [3.05, 3.63) is 59.7 Å². The SMILES string of the molecule is CC(C)NC(=O)c1cccc(NC(=O)CNc2ccc(C(=O)N3CCCCCC3)cc2)c1. The predicted octanol–water partition coefficient (Wildman–Crippen LogP) is 3.89. The van der Waals surface area contributed by atoms with Crippen LogP contribution >= 0.6 is 0 Å². The Bertz CT molecular complexity index is 932. The van der Waals surface area contributed by atoms with Crippen molar-refractivity contribution in [3.8, 4) is 0 Å². The van der Waals surface area contributed by atoms with E-state index in [2.05, 4.69) is 16.0 Å². The number of amides is 3. The highest BCUT2D eigenvalue weighted by Crippen LogP contribution is 2.16. The average Bonchev–Trinajstić information content (AvgIpc) is 3.07. The van der Waals surface area contributed by atoms with Gasteiger partial charge in [0, 0.05) is 41.6 Å². The molecule has 0 aliphatic carbocycles. The molecule has 1 aliphatic heterocycles. The first-order valence-electron chi connectivity index (χ1n) is 11.3. The molecule has 1 saturated heterocycles. The fraction of sp³-hybridized carbons (Fsp3) is 0.400. The summed E-state index contributed by atoms with van der Waals surface area (Å²) in [5, 5.41) is 8.70. The molecule has 1 heterocycles. The lowest BCUT2D eigenvalue weighted by Gasteiger charge is -2.20. The van der Waals surface area contributed by atoms with Gasteiger partial charge < -0.3 is 20.9 Å². The lowest BCUT2D eigenvalue weighted by Crippen LogP contribution is -2.31. The van der Waals surface area contributed by atoms with Gasteiger partial charge in [-0.1, -0.05) is 18.9 Å². The maximum Gasteiger partial charge on any atom is 0.253 e. The number of carbonyl (C=O) groups excluding carboxylic acids is 3. The van der Waals surface area contributed by atoms with E-state index in [1.165, 1.54) is 12.8 Å². The highest BCUT2D eigenvalue weighted by Gasteiger charge is 2.17. The van der Waals surface area contributed by atoms with Gasteiger partial charge in [0.2, 0.25) is 5.91 Å². The van der Waals surface area contributed by atoms with Crippen molar-refractivity contribution in [2.24, 2.45) is 0 Å². The van der Waals surface area contributed by atoms with E-state index >= 15 is 0 Å². The monoisotopic (exact) mass is 436 g/mol. The number of anilines is 2. The van der Waals surface area contributed by atoms with Crippen LogP contribution in [0.1, 0.15) is 60.2 Å². The molecule has 0 bridgehead atoms. The van der Waals surface area contributed by atoms with Crippen LogP contribution < -0.4 is 16.0 Å². The van der Waals surface area contributed by atoms with Gasteiger partial charge in [0.15, 0.2) is 0 Å². The molecule has 170 valence electrons. The number of benzene rings is 2. The van der Waals surface area contributed by atoms with Gasteiger partial charge in [-0.05, 0) is 69.2 Å². The van der Waals surface area contributed by atoms with Crippen LogP contribution in [0.3, 0.4) is 0 Å². The molecular formula is C25H32N4O3. The number of nitrogens with one attached hydrogen (secondary N) is 3. The summed E-state index contributed by atoms with van der Waals surface area (Å²) < 4.78 is 0. The van der Waals surface area contributed by atoms with Crippen LogP contribution in [0.25, 0.3) is 0 Å². The average molecular weight is 437 g/mol. The van der Waals surface area contributed by atoms with Crippen molar-refractivity contribution < 1.29 is 14.4 Å². The van der Waals surface area contributed by atoms with E-state index in [1.807, 2.05) is 30.9 Å². The molecule has 1 aliphatic rings. The number of hydrogen-bond acceptors (Lipinski definition) is 4. The Morgan fingerprint density at radius 3 is 2.22 bits per heavy atom. The van der Waals surface area contributed by atoms with E-state index in [9.17, 15) is 14.4 Å². The Morgan fingerprint density at radius 1 is 0.875 bits per heavy atom. The van der Waals surface area contributed by atoms with Crippen LogP contribution in [0.2, 0.25) is 0 Å². The summed E-state index contributed by atoms with van der Waals surface area (Å²) in [6, 6.07) is 14.1. The van der Waals surface area contributed by atoms with Gasteiger partial charge in [0.1, 0.15) is 0 Å². The van der Waals surface area contributed by atoms with Crippen LogP contribution in [0.5, 0.6) is 0 Å². The zero-order chi connectivity index (χ0) is 22.9. The molecule has 0 unspecified atom stereocenters. The van der Waals surface area contributed by atoms with Crippen molar-refractivity contribution in [2.45, 2.75) is 45.6 Å². The first kappa shape index (κ1) is 23.3. The van der Waals surface area contributed by atoms with Crippen LogP contribution in [0.4, 0.5) is 11.4 Å². The highest BCUT2D eigenvalue weighted by molar-refractivity contribution is 5.98. The minimum atomic E-state index is -0.226. The van der Waals surface area contributed by atoms with Crippen LogP contribution in [0, 0.1) is 0 Å². The Hall–Kier alpha value is -3.35. The van der Waals surface area contributed by atoms with E-state index in [4.69, 9.17) is 0 Å². The van der Waals surface area contributed by atoms with Crippen LogP contribution in [0.15, 0.2) is 48.5 Å². The second-order valence-electron chi connectivity index (χ2n) is 8.39. The van der Waals surface area contributed by atoms with Gasteiger partial charge in [-0.15, -0.1) is 0 Å². The number of rotatable bonds is 7. The molecule has 1 fully saturated rings. The Morgan fingerprint density at radius 2 is 1.56 bits per heavy atom. The third-order valence-corrected chi connectivity index (χ3v) is 5.31. The van der Waals surface area contributed by atoms with E-state index in [1.54, 1.807) is 36.4 Å². The third-order valence-electron chi connectivity index (χ3n) is 5.31. The van der Waals surface area contributed by atoms with Gasteiger partial charge >= 0.3 is 0 Å². The molecule has 32 heavy (non-hydrogen) atoms. The fourth-order valence-electron chi connectivity index (χ4n) is 3.66. The molecule has 2 aromatic carbocycles. The number of carbonyl (C=O) groups is 3. The Labute approximate surface area is 189 Å². The topological polar surface area (TPSA) is 90.5 Å². The van der Waals surface area contributed by atoms with Crippen LogP contribution in [-0.2, 0) is 4.79 Å².